The maximum atomic E-state index is 12.9. The molecule has 33 heavy (non-hydrogen) atoms. The molecule has 172 valence electrons. The Labute approximate surface area is 192 Å². The normalized spacial score (nSPS) is 17.2. The third kappa shape index (κ3) is 3.98. The number of carboxylic acid groups (broad SMARTS) is 1. The van der Waals surface area contributed by atoms with Gasteiger partial charge in [-0.05, 0) is 31.4 Å². The number of aromatic carboxylic acids is 1. The second-order valence-electron chi connectivity index (χ2n) is 8.35. The summed E-state index contributed by atoms with van der Waals surface area (Å²) >= 11 is 1.32. The average molecular weight is 470 g/mol. The van der Waals surface area contributed by atoms with Crippen LogP contribution in [-0.2, 0) is 9.53 Å². The van der Waals surface area contributed by atoms with Crippen molar-refractivity contribution >= 4 is 40.1 Å². The topological polar surface area (TPSA) is 127 Å². The highest BCUT2D eigenvalue weighted by atomic mass is 32.1. The van der Waals surface area contributed by atoms with Gasteiger partial charge >= 0.3 is 5.97 Å². The van der Waals surface area contributed by atoms with Crippen molar-refractivity contribution < 1.29 is 19.4 Å². The van der Waals surface area contributed by atoms with Crippen molar-refractivity contribution in [3.8, 4) is 5.13 Å². The summed E-state index contributed by atoms with van der Waals surface area (Å²) in [6, 6.07) is 1.94. The van der Waals surface area contributed by atoms with E-state index in [2.05, 4.69) is 10.3 Å². The summed E-state index contributed by atoms with van der Waals surface area (Å²) in [4.78, 5) is 48.1. The van der Waals surface area contributed by atoms with Crippen molar-refractivity contribution in [1.29, 1.82) is 0 Å². The SMILES string of the molecule is Cc1cc(N2CC(C(=O)NC3CCOCC3)C2)nc2c1c(=O)c(C(=O)O)cn2-c1nccs1. The summed E-state index contributed by atoms with van der Waals surface area (Å²) in [6.45, 7) is 4.17. The second-order valence-corrected chi connectivity index (χ2v) is 9.23. The maximum Gasteiger partial charge on any atom is 0.341 e. The standard InChI is InChI=1S/C22H23N5O5S/c1-12-8-16(26-9-13(10-26)20(29)24-14-2-5-32-6-3-14)25-19-17(12)18(28)15(21(30)31)11-27(19)22-23-4-7-33-22/h4,7-8,11,13-14H,2-3,5-6,9-10H2,1H3,(H,24,29)(H,30,31). The van der Waals surface area contributed by atoms with Gasteiger partial charge in [0.05, 0.1) is 11.3 Å². The fourth-order valence-corrected chi connectivity index (χ4v) is 4.88. The minimum Gasteiger partial charge on any atom is -0.477 e. The van der Waals surface area contributed by atoms with E-state index in [0.717, 1.165) is 12.8 Å². The number of anilines is 1. The molecule has 2 aliphatic heterocycles. The monoisotopic (exact) mass is 469 g/mol. The molecule has 2 fully saturated rings. The first-order chi connectivity index (χ1) is 15.9. The van der Waals surface area contributed by atoms with Crippen molar-refractivity contribution in [2.24, 2.45) is 5.92 Å². The third-order valence-corrected chi connectivity index (χ3v) is 6.91. The number of hydrogen-bond acceptors (Lipinski definition) is 8. The van der Waals surface area contributed by atoms with Crippen molar-refractivity contribution in [1.82, 2.24) is 19.9 Å². The van der Waals surface area contributed by atoms with E-state index < -0.39 is 11.4 Å². The summed E-state index contributed by atoms with van der Waals surface area (Å²) in [5.74, 6) is -0.734. The molecule has 2 aliphatic rings. The van der Waals surface area contributed by atoms with Crippen molar-refractivity contribution in [2.75, 3.05) is 31.2 Å². The predicted molar refractivity (Wildman–Crippen MR) is 122 cm³/mol. The summed E-state index contributed by atoms with van der Waals surface area (Å²) in [6.07, 6.45) is 4.56. The molecule has 0 bridgehead atoms. The lowest BCUT2D eigenvalue weighted by Gasteiger charge is -2.40. The molecular weight excluding hydrogens is 446 g/mol. The number of amides is 1. The number of carbonyl (C=O) groups excluding carboxylic acids is 1. The molecule has 5 heterocycles. The Morgan fingerprint density at radius 3 is 2.70 bits per heavy atom. The molecule has 10 nitrogen and oxygen atoms in total. The Morgan fingerprint density at radius 1 is 1.27 bits per heavy atom. The highest BCUT2D eigenvalue weighted by molar-refractivity contribution is 7.12. The van der Waals surface area contributed by atoms with Gasteiger partial charge in [0.15, 0.2) is 10.8 Å². The fourth-order valence-electron chi connectivity index (χ4n) is 4.26. The van der Waals surface area contributed by atoms with Gasteiger partial charge in [-0.2, -0.15) is 0 Å². The zero-order chi connectivity index (χ0) is 23.1. The van der Waals surface area contributed by atoms with Gasteiger partial charge in [-0.25, -0.2) is 14.8 Å². The Hall–Kier alpha value is -3.31. The summed E-state index contributed by atoms with van der Waals surface area (Å²) in [7, 11) is 0. The molecule has 0 saturated carbocycles. The number of ether oxygens (including phenoxy) is 1. The van der Waals surface area contributed by atoms with Crippen LogP contribution < -0.4 is 15.6 Å². The maximum absolute atomic E-state index is 12.9. The number of thiazole rings is 1. The molecule has 2 N–H and O–H groups in total. The van der Waals surface area contributed by atoms with Crippen LogP contribution in [0.2, 0.25) is 0 Å². The summed E-state index contributed by atoms with van der Waals surface area (Å²) < 4.78 is 6.89. The molecular formula is C22H23N5O5S. The number of nitrogens with zero attached hydrogens (tertiary/aromatic N) is 4. The Bertz CT molecular complexity index is 1280. The molecule has 0 spiro atoms. The van der Waals surface area contributed by atoms with Gasteiger partial charge in [0, 0.05) is 50.1 Å². The lowest BCUT2D eigenvalue weighted by molar-refractivity contribution is -0.127. The molecule has 3 aromatic heterocycles. The number of carbonyl (C=O) groups is 2. The molecule has 11 heteroatoms. The number of aromatic nitrogens is 3. The molecule has 0 radical (unpaired) electrons. The van der Waals surface area contributed by atoms with E-state index in [1.807, 2.05) is 4.90 Å². The van der Waals surface area contributed by atoms with Crippen LogP contribution in [-0.4, -0.2) is 63.9 Å². The van der Waals surface area contributed by atoms with E-state index in [-0.39, 0.29) is 28.8 Å². The number of fused-ring (bicyclic) bond motifs is 1. The Balaban J connectivity index is 1.44. The smallest absolute Gasteiger partial charge is 0.341 e. The zero-order valence-corrected chi connectivity index (χ0v) is 18.8. The first kappa shape index (κ1) is 21.5. The molecule has 0 unspecified atom stereocenters. The second kappa shape index (κ2) is 8.56. The molecule has 0 atom stereocenters. The quantitative estimate of drug-likeness (QED) is 0.577. The summed E-state index contributed by atoms with van der Waals surface area (Å²) in [5, 5.41) is 15.2. The van der Waals surface area contributed by atoms with Crippen LogP contribution in [0, 0.1) is 12.8 Å². The van der Waals surface area contributed by atoms with E-state index in [9.17, 15) is 19.5 Å². The van der Waals surface area contributed by atoms with Gasteiger partial charge in [0.2, 0.25) is 11.3 Å². The van der Waals surface area contributed by atoms with Crippen LogP contribution in [0.3, 0.4) is 0 Å². The Kier molecular flexibility index (Phi) is 5.59. The van der Waals surface area contributed by atoms with Gasteiger partial charge in [0.1, 0.15) is 11.4 Å². The lowest BCUT2D eigenvalue weighted by Crippen LogP contribution is -2.56. The van der Waals surface area contributed by atoms with Gasteiger partial charge in [0.25, 0.3) is 0 Å². The van der Waals surface area contributed by atoms with Gasteiger partial charge in [-0.1, -0.05) is 0 Å². The minimum absolute atomic E-state index is 0.0430. The molecule has 1 amide bonds. The highest BCUT2D eigenvalue weighted by Crippen LogP contribution is 2.28. The first-order valence-corrected chi connectivity index (χ1v) is 11.6. The lowest BCUT2D eigenvalue weighted by atomic mass is 9.97. The highest BCUT2D eigenvalue weighted by Gasteiger charge is 2.35. The van der Waals surface area contributed by atoms with Crippen LogP contribution in [0.5, 0.6) is 0 Å². The number of pyridine rings is 2. The van der Waals surface area contributed by atoms with Gasteiger partial charge < -0.3 is 20.1 Å². The summed E-state index contributed by atoms with van der Waals surface area (Å²) in [5.41, 5.74) is 0.0805. The number of carboxylic acids is 1. The number of aryl methyl sites for hydroxylation is 1. The first-order valence-electron chi connectivity index (χ1n) is 10.8. The number of nitrogens with one attached hydrogen (secondary N) is 1. The zero-order valence-electron chi connectivity index (χ0n) is 18.0. The van der Waals surface area contributed by atoms with Crippen molar-refractivity contribution in [3.05, 3.63) is 45.2 Å². The minimum atomic E-state index is -1.29. The van der Waals surface area contributed by atoms with E-state index in [4.69, 9.17) is 9.72 Å². The van der Waals surface area contributed by atoms with Crippen molar-refractivity contribution in [2.45, 2.75) is 25.8 Å². The van der Waals surface area contributed by atoms with E-state index in [1.165, 1.54) is 17.5 Å². The number of hydrogen-bond donors (Lipinski definition) is 2. The van der Waals surface area contributed by atoms with Gasteiger partial charge in [-0.15, -0.1) is 11.3 Å². The molecule has 0 aliphatic carbocycles. The van der Waals surface area contributed by atoms with E-state index >= 15 is 0 Å². The fraction of sp³-hybridized carbons (Fsp3) is 0.409. The number of rotatable bonds is 5. The molecule has 0 aromatic carbocycles. The van der Waals surface area contributed by atoms with E-state index in [1.54, 1.807) is 29.1 Å². The molecule has 5 rings (SSSR count). The molecule has 2 saturated heterocycles. The molecule has 3 aromatic rings. The van der Waals surface area contributed by atoms with Crippen molar-refractivity contribution in [3.63, 3.8) is 0 Å². The largest absolute Gasteiger partial charge is 0.477 e. The van der Waals surface area contributed by atoms with Crippen LogP contribution in [0.15, 0.2) is 28.6 Å². The average Bonchev–Trinajstić information content (AvgIpc) is 3.28. The Morgan fingerprint density at radius 2 is 2.03 bits per heavy atom. The third-order valence-electron chi connectivity index (χ3n) is 6.14. The van der Waals surface area contributed by atoms with Crippen LogP contribution >= 0.6 is 11.3 Å². The predicted octanol–water partition coefficient (Wildman–Crippen LogP) is 1.58. The van der Waals surface area contributed by atoms with Gasteiger partial charge in [-0.3, -0.25) is 14.2 Å². The van der Waals surface area contributed by atoms with Crippen LogP contribution in [0.4, 0.5) is 5.82 Å². The van der Waals surface area contributed by atoms with Crippen LogP contribution in [0.25, 0.3) is 16.2 Å². The van der Waals surface area contributed by atoms with E-state index in [0.29, 0.717) is 48.5 Å². The van der Waals surface area contributed by atoms with Crippen LogP contribution in [0.1, 0.15) is 28.8 Å².